The van der Waals surface area contributed by atoms with Crippen LogP contribution in [0.4, 0.5) is 4.39 Å². The van der Waals surface area contributed by atoms with Crippen molar-refractivity contribution in [2.75, 3.05) is 7.05 Å². The molecule has 3 aromatic rings. The average Bonchev–Trinajstić information content (AvgIpc) is 2.94. The number of likely N-dealkylation sites (N-methyl/N-ethyl adjacent to an activating group) is 1. The highest BCUT2D eigenvalue weighted by Gasteiger charge is 2.14. The Morgan fingerprint density at radius 2 is 2.19 bits per heavy atom. The van der Waals surface area contributed by atoms with Crippen molar-refractivity contribution in [2.45, 2.75) is 12.5 Å². The van der Waals surface area contributed by atoms with Gasteiger partial charge in [-0.15, -0.1) is 11.3 Å². The zero-order valence-corrected chi connectivity index (χ0v) is 13.8. The molecule has 3 rings (SSSR count). The normalized spacial score (nSPS) is 12.7. The summed E-state index contributed by atoms with van der Waals surface area (Å²) >= 11 is 4.95. The molecule has 0 bridgehead atoms. The quantitative estimate of drug-likeness (QED) is 0.725. The van der Waals surface area contributed by atoms with Crippen LogP contribution in [0, 0.1) is 5.82 Å². The van der Waals surface area contributed by atoms with Crippen molar-refractivity contribution in [2.24, 2.45) is 0 Å². The van der Waals surface area contributed by atoms with E-state index in [-0.39, 0.29) is 11.9 Å². The Bertz CT molecular complexity index is 772. The molecule has 0 amide bonds. The van der Waals surface area contributed by atoms with E-state index in [0.717, 1.165) is 20.3 Å². The predicted molar refractivity (Wildman–Crippen MR) is 89.2 cm³/mol. The molecule has 0 aliphatic rings. The number of hydrogen-bond acceptors (Lipinski definition) is 3. The summed E-state index contributed by atoms with van der Waals surface area (Å²) in [4.78, 5) is 4.46. The van der Waals surface area contributed by atoms with Crippen molar-refractivity contribution in [3.05, 3.63) is 63.3 Å². The van der Waals surface area contributed by atoms with Gasteiger partial charge < -0.3 is 5.32 Å². The maximum Gasteiger partial charge on any atom is 0.127 e. The number of fused-ring (bicyclic) bond motifs is 1. The molecule has 0 aliphatic heterocycles. The largest absolute Gasteiger partial charge is 0.313 e. The third-order valence-electron chi connectivity index (χ3n) is 3.51. The maximum atomic E-state index is 14.0. The SMILES string of the molecule is CNC(Cc1ccc(Br)cc1F)c1cnc2ccsc2c1. The van der Waals surface area contributed by atoms with Crippen molar-refractivity contribution in [1.29, 1.82) is 0 Å². The standard InChI is InChI=1S/C16H14BrFN2S/c1-19-15(6-10-2-3-12(17)8-13(10)18)11-7-16-14(20-9-11)4-5-21-16/h2-5,7-9,15,19H,6H2,1H3. The van der Waals surface area contributed by atoms with Crippen LogP contribution < -0.4 is 5.32 Å². The Labute approximate surface area is 135 Å². The molecule has 2 aromatic heterocycles. The minimum atomic E-state index is -0.185. The summed E-state index contributed by atoms with van der Waals surface area (Å²) in [7, 11) is 1.89. The van der Waals surface area contributed by atoms with Crippen LogP contribution in [0.3, 0.4) is 0 Å². The van der Waals surface area contributed by atoms with E-state index in [1.54, 1.807) is 11.3 Å². The number of hydrogen-bond donors (Lipinski definition) is 1. The van der Waals surface area contributed by atoms with Gasteiger partial charge in [-0.1, -0.05) is 22.0 Å². The van der Waals surface area contributed by atoms with Gasteiger partial charge in [-0.25, -0.2) is 4.39 Å². The molecule has 1 N–H and O–H groups in total. The Morgan fingerprint density at radius 3 is 2.95 bits per heavy atom. The Kier molecular flexibility index (Phi) is 4.33. The molecule has 0 radical (unpaired) electrons. The predicted octanol–water partition coefficient (Wildman–Crippen LogP) is 4.70. The molecule has 0 aliphatic carbocycles. The molecule has 108 valence electrons. The lowest BCUT2D eigenvalue weighted by Gasteiger charge is -2.17. The van der Waals surface area contributed by atoms with Crippen LogP contribution in [0.25, 0.3) is 10.2 Å². The Morgan fingerprint density at radius 1 is 1.33 bits per heavy atom. The molecule has 0 saturated heterocycles. The van der Waals surface area contributed by atoms with E-state index in [0.29, 0.717) is 12.0 Å². The van der Waals surface area contributed by atoms with Gasteiger partial charge in [-0.2, -0.15) is 0 Å². The zero-order valence-electron chi connectivity index (χ0n) is 11.4. The van der Waals surface area contributed by atoms with E-state index in [2.05, 4.69) is 32.3 Å². The number of nitrogens with one attached hydrogen (secondary N) is 1. The van der Waals surface area contributed by atoms with Crippen molar-refractivity contribution in [1.82, 2.24) is 10.3 Å². The molecule has 1 unspecified atom stereocenters. The van der Waals surface area contributed by atoms with E-state index in [1.165, 1.54) is 6.07 Å². The van der Waals surface area contributed by atoms with E-state index in [9.17, 15) is 4.39 Å². The van der Waals surface area contributed by atoms with Crippen molar-refractivity contribution in [3.8, 4) is 0 Å². The maximum absolute atomic E-state index is 14.0. The van der Waals surface area contributed by atoms with E-state index in [1.807, 2.05) is 36.8 Å². The first-order valence-electron chi connectivity index (χ1n) is 6.61. The second kappa shape index (κ2) is 6.22. The lowest BCUT2D eigenvalue weighted by atomic mass is 10.00. The summed E-state index contributed by atoms with van der Waals surface area (Å²) in [5.74, 6) is -0.185. The number of rotatable bonds is 4. The highest BCUT2D eigenvalue weighted by molar-refractivity contribution is 9.10. The minimum Gasteiger partial charge on any atom is -0.313 e. The third kappa shape index (κ3) is 3.15. The monoisotopic (exact) mass is 364 g/mol. The van der Waals surface area contributed by atoms with Gasteiger partial charge in [0.15, 0.2) is 0 Å². The number of benzene rings is 1. The lowest BCUT2D eigenvalue weighted by molar-refractivity contribution is 0.553. The van der Waals surface area contributed by atoms with Gasteiger partial charge >= 0.3 is 0 Å². The summed E-state index contributed by atoms with van der Waals surface area (Å²) in [6, 6.07) is 9.37. The van der Waals surface area contributed by atoms with Crippen LogP contribution in [-0.4, -0.2) is 12.0 Å². The fourth-order valence-electron chi connectivity index (χ4n) is 2.35. The second-order valence-electron chi connectivity index (χ2n) is 4.85. The number of pyridine rings is 1. The highest BCUT2D eigenvalue weighted by Crippen LogP contribution is 2.26. The van der Waals surface area contributed by atoms with E-state index < -0.39 is 0 Å². The summed E-state index contributed by atoms with van der Waals surface area (Å²) in [5, 5.41) is 5.28. The fourth-order valence-corrected chi connectivity index (χ4v) is 3.47. The number of nitrogens with zero attached hydrogens (tertiary/aromatic N) is 1. The van der Waals surface area contributed by atoms with Crippen molar-refractivity contribution >= 4 is 37.5 Å². The van der Waals surface area contributed by atoms with Crippen LogP contribution in [0.5, 0.6) is 0 Å². The van der Waals surface area contributed by atoms with Crippen LogP contribution >= 0.6 is 27.3 Å². The van der Waals surface area contributed by atoms with Gasteiger partial charge in [-0.05, 0) is 54.2 Å². The molecular weight excluding hydrogens is 351 g/mol. The van der Waals surface area contributed by atoms with Gasteiger partial charge in [0.1, 0.15) is 5.82 Å². The first kappa shape index (κ1) is 14.6. The molecular formula is C16H14BrFN2S. The van der Waals surface area contributed by atoms with Crippen LogP contribution in [0.15, 0.2) is 46.4 Å². The molecule has 2 nitrogen and oxygen atoms in total. The van der Waals surface area contributed by atoms with Gasteiger partial charge in [0.25, 0.3) is 0 Å². The topological polar surface area (TPSA) is 24.9 Å². The number of thiophene rings is 1. The molecule has 0 fully saturated rings. The van der Waals surface area contributed by atoms with E-state index >= 15 is 0 Å². The summed E-state index contributed by atoms with van der Waals surface area (Å²) < 4.78 is 15.9. The minimum absolute atomic E-state index is 0.0414. The van der Waals surface area contributed by atoms with Crippen LogP contribution in [0.1, 0.15) is 17.2 Å². The first-order valence-corrected chi connectivity index (χ1v) is 8.29. The molecule has 21 heavy (non-hydrogen) atoms. The molecule has 0 spiro atoms. The van der Waals surface area contributed by atoms with E-state index in [4.69, 9.17) is 0 Å². The van der Waals surface area contributed by atoms with Crippen molar-refractivity contribution in [3.63, 3.8) is 0 Å². The lowest BCUT2D eigenvalue weighted by Crippen LogP contribution is -2.19. The Hall–Kier alpha value is -1.30. The number of aromatic nitrogens is 1. The van der Waals surface area contributed by atoms with Crippen LogP contribution in [0.2, 0.25) is 0 Å². The molecule has 0 saturated carbocycles. The first-order chi connectivity index (χ1) is 10.2. The van der Waals surface area contributed by atoms with Gasteiger partial charge in [-0.3, -0.25) is 4.98 Å². The van der Waals surface area contributed by atoms with Gasteiger partial charge in [0.05, 0.1) is 10.2 Å². The van der Waals surface area contributed by atoms with Gasteiger partial charge in [0, 0.05) is 16.7 Å². The van der Waals surface area contributed by atoms with Crippen molar-refractivity contribution < 1.29 is 4.39 Å². The molecule has 2 heterocycles. The number of halogens is 2. The molecule has 5 heteroatoms. The third-order valence-corrected chi connectivity index (χ3v) is 4.86. The second-order valence-corrected chi connectivity index (χ2v) is 6.72. The molecule has 1 atom stereocenters. The van der Waals surface area contributed by atoms with Gasteiger partial charge in [0.2, 0.25) is 0 Å². The average molecular weight is 365 g/mol. The molecule has 1 aromatic carbocycles. The Balaban J connectivity index is 1.90. The summed E-state index contributed by atoms with van der Waals surface area (Å²) in [6.45, 7) is 0. The summed E-state index contributed by atoms with van der Waals surface area (Å²) in [5.41, 5.74) is 2.78. The van der Waals surface area contributed by atoms with Crippen LogP contribution in [-0.2, 0) is 6.42 Å². The smallest absolute Gasteiger partial charge is 0.127 e. The summed E-state index contributed by atoms with van der Waals surface area (Å²) in [6.07, 6.45) is 2.46. The fraction of sp³-hybridized carbons (Fsp3) is 0.188. The highest BCUT2D eigenvalue weighted by atomic mass is 79.9. The zero-order chi connectivity index (χ0) is 14.8.